The van der Waals surface area contributed by atoms with E-state index in [1.807, 2.05) is 37.3 Å². The van der Waals surface area contributed by atoms with E-state index in [1.54, 1.807) is 19.2 Å². The number of para-hydroxylation sites is 1. The zero-order chi connectivity index (χ0) is 16.4. The Balaban J connectivity index is 1.72. The number of halogens is 1. The number of carbonyl (C=O) groups is 1. The van der Waals surface area contributed by atoms with Crippen molar-refractivity contribution < 1.29 is 13.6 Å². The SMILES string of the molecule is C[C@H](NC(=O)N(C)c1ccc(F)cc1)c1cc2ccccc2o1. The fraction of sp³-hybridized carbons (Fsp3) is 0.167. The molecule has 3 aromatic rings. The van der Waals surface area contributed by atoms with Crippen LogP contribution < -0.4 is 10.2 Å². The van der Waals surface area contributed by atoms with Crippen LogP contribution in [0.15, 0.2) is 59.0 Å². The Hall–Kier alpha value is -2.82. The number of urea groups is 1. The fourth-order valence-electron chi connectivity index (χ4n) is 2.35. The van der Waals surface area contributed by atoms with E-state index in [0.29, 0.717) is 11.4 Å². The van der Waals surface area contributed by atoms with Gasteiger partial charge in [0.25, 0.3) is 0 Å². The summed E-state index contributed by atoms with van der Waals surface area (Å²) in [5.74, 6) is 0.352. The predicted molar refractivity (Wildman–Crippen MR) is 88.0 cm³/mol. The second-order valence-electron chi connectivity index (χ2n) is 5.39. The molecule has 0 aliphatic rings. The first-order chi connectivity index (χ1) is 11.0. The number of hydrogen-bond acceptors (Lipinski definition) is 2. The van der Waals surface area contributed by atoms with Gasteiger partial charge in [-0.1, -0.05) is 18.2 Å². The van der Waals surface area contributed by atoms with Crippen molar-refractivity contribution in [1.29, 1.82) is 0 Å². The van der Waals surface area contributed by atoms with Gasteiger partial charge in [0.1, 0.15) is 17.2 Å². The number of nitrogens with one attached hydrogen (secondary N) is 1. The van der Waals surface area contributed by atoms with Gasteiger partial charge in [0.05, 0.1) is 6.04 Å². The van der Waals surface area contributed by atoms with E-state index in [0.717, 1.165) is 11.0 Å². The molecule has 1 aromatic heterocycles. The lowest BCUT2D eigenvalue weighted by Crippen LogP contribution is -2.38. The molecule has 1 heterocycles. The number of nitrogens with zero attached hydrogens (tertiary/aromatic N) is 1. The molecule has 2 aromatic carbocycles. The molecule has 0 saturated heterocycles. The molecule has 118 valence electrons. The first kappa shape index (κ1) is 15.1. The van der Waals surface area contributed by atoms with E-state index >= 15 is 0 Å². The van der Waals surface area contributed by atoms with Gasteiger partial charge >= 0.3 is 6.03 Å². The zero-order valence-electron chi connectivity index (χ0n) is 12.9. The highest BCUT2D eigenvalue weighted by atomic mass is 19.1. The van der Waals surface area contributed by atoms with Crippen molar-refractivity contribution in [2.45, 2.75) is 13.0 Å². The number of carbonyl (C=O) groups excluding carboxylic acids is 1. The highest BCUT2D eigenvalue weighted by molar-refractivity contribution is 5.91. The van der Waals surface area contributed by atoms with Gasteiger partial charge in [0.2, 0.25) is 0 Å². The Morgan fingerprint density at radius 1 is 1.17 bits per heavy atom. The molecular weight excluding hydrogens is 295 g/mol. The molecule has 1 atom stereocenters. The van der Waals surface area contributed by atoms with Crippen molar-refractivity contribution in [1.82, 2.24) is 5.32 Å². The molecule has 0 spiro atoms. The second-order valence-corrected chi connectivity index (χ2v) is 5.39. The number of benzene rings is 2. The molecular formula is C18H17FN2O2. The van der Waals surface area contributed by atoms with E-state index in [2.05, 4.69) is 5.32 Å². The smallest absolute Gasteiger partial charge is 0.322 e. The van der Waals surface area contributed by atoms with Crippen LogP contribution in [-0.4, -0.2) is 13.1 Å². The summed E-state index contributed by atoms with van der Waals surface area (Å²) in [6.07, 6.45) is 0. The van der Waals surface area contributed by atoms with Crippen LogP contribution in [0.5, 0.6) is 0 Å². The first-order valence-electron chi connectivity index (χ1n) is 7.33. The molecule has 3 rings (SSSR count). The van der Waals surface area contributed by atoms with Gasteiger partial charge in [0, 0.05) is 18.1 Å². The van der Waals surface area contributed by atoms with Crippen molar-refractivity contribution in [3.8, 4) is 0 Å². The second kappa shape index (κ2) is 6.12. The van der Waals surface area contributed by atoms with Crippen LogP contribution in [0.3, 0.4) is 0 Å². The van der Waals surface area contributed by atoms with Gasteiger partial charge in [-0.2, -0.15) is 0 Å². The largest absolute Gasteiger partial charge is 0.459 e. The molecule has 1 N–H and O–H groups in total. The maximum Gasteiger partial charge on any atom is 0.322 e. The molecule has 2 amide bonds. The van der Waals surface area contributed by atoms with Crippen molar-refractivity contribution >= 4 is 22.7 Å². The molecule has 0 fully saturated rings. The Morgan fingerprint density at radius 3 is 2.57 bits per heavy atom. The molecule has 23 heavy (non-hydrogen) atoms. The van der Waals surface area contributed by atoms with Crippen molar-refractivity contribution in [2.75, 3.05) is 11.9 Å². The summed E-state index contributed by atoms with van der Waals surface area (Å²) in [4.78, 5) is 13.7. The molecule has 0 radical (unpaired) electrons. The molecule has 0 unspecified atom stereocenters. The summed E-state index contributed by atoms with van der Waals surface area (Å²) < 4.78 is 18.7. The number of hydrogen-bond donors (Lipinski definition) is 1. The standard InChI is InChI=1S/C18H17FN2O2/c1-12(17-11-13-5-3-4-6-16(13)23-17)20-18(22)21(2)15-9-7-14(19)8-10-15/h3-12H,1-2H3,(H,20,22)/t12-/m0/s1. The van der Waals surface area contributed by atoms with E-state index in [1.165, 1.54) is 17.0 Å². The maximum atomic E-state index is 13.0. The minimum Gasteiger partial charge on any atom is -0.459 e. The van der Waals surface area contributed by atoms with Gasteiger partial charge < -0.3 is 9.73 Å². The Bertz CT molecular complexity index is 793. The summed E-state index contributed by atoms with van der Waals surface area (Å²) in [6.45, 7) is 1.86. The molecule has 0 saturated carbocycles. The predicted octanol–water partition coefficient (Wildman–Crippen LogP) is 4.48. The third-order valence-corrected chi connectivity index (χ3v) is 3.73. The van der Waals surface area contributed by atoms with E-state index in [-0.39, 0.29) is 17.9 Å². The molecule has 4 nitrogen and oxygen atoms in total. The van der Waals surface area contributed by atoms with Crippen LogP contribution in [0.4, 0.5) is 14.9 Å². The number of fused-ring (bicyclic) bond motifs is 1. The summed E-state index contributed by atoms with van der Waals surface area (Å²) in [7, 11) is 1.63. The van der Waals surface area contributed by atoms with Gasteiger partial charge in [-0.3, -0.25) is 4.90 Å². The topological polar surface area (TPSA) is 45.5 Å². The highest BCUT2D eigenvalue weighted by Crippen LogP contribution is 2.24. The van der Waals surface area contributed by atoms with E-state index in [9.17, 15) is 9.18 Å². The molecule has 0 bridgehead atoms. The van der Waals surface area contributed by atoms with E-state index in [4.69, 9.17) is 4.42 Å². The fourth-order valence-corrected chi connectivity index (χ4v) is 2.35. The van der Waals surface area contributed by atoms with Crippen molar-refractivity contribution in [2.24, 2.45) is 0 Å². The Kier molecular flexibility index (Phi) is 4.02. The Labute approximate surface area is 133 Å². The average Bonchev–Trinajstić information content (AvgIpc) is 2.99. The Morgan fingerprint density at radius 2 is 1.87 bits per heavy atom. The lowest BCUT2D eigenvalue weighted by Gasteiger charge is -2.20. The van der Waals surface area contributed by atoms with Crippen molar-refractivity contribution in [3.05, 3.63) is 66.2 Å². The number of anilines is 1. The minimum atomic E-state index is -0.335. The minimum absolute atomic E-state index is 0.280. The number of rotatable bonds is 3. The maximum absolute atomic E-state index is 13.0. The third kappa shape index (κ3) is 3.18. The summed E-state index contributed by atoms with van der Waals surface area (Å²) >= 11 is 0. The van der Waals surface area contributed by atoms with Crippen LogP contribution in [0, 0.1) is 5.82 Å². The lowest BCUT2D eigenvalue weighted by atomic mass is 10.2. The van der Waals surface area contributed by atoms with Crippen LogP contribution in [-0.2, 0) is 0 Å². The summed E-state index contributed by atoms with van der Waals surface area (Å²) in [5, 5.41) is 3.87. The highest BCUT2D eigenvalue weighted by Gasteiger charge is 2.17. The molecule has 0 aliphatic carbocycles. The van der Waals surface area contributed by atoms with Gasteiger partial charge in [-0.15, -0.1) is 0 Å². The average molecular weight is 312 g/mol. The van der Waals surface area contributed by atoms with Gasteiger partial charge in [0.15, 0.2) is 0 Å². The summed E-state index contributed by atoms with van der Waals surface area (Å²) in [6, 6.07) is 14.8. The van der Waals surface area contributed by atoms with Gasteiger partial charge in [-0.05, 0) is 43.3 Å². The normalized spacial score (nSPS) is 12.1. The van der Waals surface area contributed by atoms with Crippen LogP contribution in [0.25, 0.3) is 11.0 Å². The lowest BCUT2D eigenvalue weighted by molar-refractivity contribution is 0.243. The number of amides is 2. The van der Waals surface area contributed by atoms with Crippen molar-refractivity contribution in [3.63, 3.8) is 0 Å². The zero-order valence-corrected chi connectivity index (χ0v) is 12.9. The van der Waals surface area contributed by atoms with E-state index < -0.39 is 0 Å². The summed E-state index contributed by atoms with van der Waals surface area (Å²) in [5.41, 5.74) is 1.40. The van der Waals surface area contributed by atoms with Gasteiger partial charge in [-0.25, -0.2) is 9.18 Å². The molecule has 5 heteroatoms. The first-order valence-corrected chi connectivity index (χ1v) is 7.33. The van der Waals surface area contributed by atoms with Crippen LogP contribution in [0.2, 0.25) is 0 Å². The monoisotopic (exact) mass is 312 g/mol. The van der Waals surface area contributed by atoms with Crippen LogP contribution >= 0.6 is 0 Å². The molecule has 0 aliphatic heterocycles. The number of furan rings is 1. The third-order valence-electron chi connectivity index (χ3n) is 3.73. The van der Waals surface area contributed by atoms with Crippen LogP contribution in [0.1, 0.15) is 18.7 Å². The quantitative estimate of drug-likeness (QED) is 0.775.